The number of hydrogen-bond donors (Lipinski definition) is 0. The zero-order chi connectivity index (χ0) is 17.5. The minimum atomic E-state index is -0.214. The van der Waals surface area contributed by atoms with Crippen molar-refractivity contribution in [3.8, 4) is 0 Å². The van der Waals surface area contributed by atoms with Crippen LogP contribution in [0.4, 0.5) is 4.39 Å². The first kappa shape index (κ1) is 17.4. The summed E-state index contributed by atoms with van der Waals surface area (Å²) in [7, 11) is 0. The van der Waals surface area contributed by atoms with E-state index in [0.717, 1.165) is 29.4 Å². The normalized spacial score (nSPS) is 10.8. The fraction of sp³-hybridized carbons (Fsp3) is 0.200. The van der Waals surface area contributed by atoms with Crippen LogP contribution in [-0.4, -0.2) is 14.8 Å². The van der Waals surface area contributed by atoms with E-state index >= 15 is 0 Å². The van der Waals surface area contributed by atoms with Crippen LogP contribution < -0.4 is 0 Å². The maximum absolute atomic E-state index is 13.3. The number of thioether (sulfide) groups is 1. The molecule has 0 radical (unpaired) electrons. The average molecular weight is 353 g/mol. The molecule has 0 atom stereocenters. The van der Waals surface area contributed by atoms with Gasteiger partial charge in [0.1, 0.15) is 11.6 Å². The van der Waals surface area contributed by atoms with E-state index in [0.29, 0.717) is 12.3 Å². The maximum atomic E-state index is 13.3. The Morgan fingerprint density at radius 3 is 2.56 bits per heavy atom. The van der Waals surface area contributed by atoms with E-state index in [1.54, 1.807) is 23.9 Å². The third-order valence-electron chi connectivity index (χ3n) is 3.84. The number of allylic oxidation sites excluding steroid dienone is 1. The molecule has 0 N–H and O–H groups in total. The van der Waals surface area contributed by atoms with Gasteiger partial charge in [-0.3, -0.25) is 0 Å². The largest absolute Gasteiger partial charge is 0.302 e. The van der Waals surface area contributed by atoms with E-state index in [4.69, 9.17) is 0 Å². The summed E-state index contributed by atoms with van der Waals surface area (Å²) in [4.78, 5) is 0. The second-order valence-corrected chi connectivity index (χ2v) is 6.64. The monoisotopic (exact) mass is 353 g/mol. The fourth-order valence-corrected chi connectivity index (χ4v) is 3.51. The van der Waals surface area contributed by atoms with Crippen molar-refractivity contribution in [1.29, 1.82) is 0 Å². The lowest BCUT2D eigenvalue weighted by Crippen LogP contribution is -2.05. The molecule has 0 bridgehead atoms. The highest BCUT2D eigenvalue weighted by Gasteiger charge is 2.12. The van der Waals surface area contributed by atoms with Crippen molar-refractivity contribution in [2.75, 3.05) is 0 Å². The standard InChI is InChI=1S/C20H20FN3S/c1-2-13-24-19(12-11-16-7-4-3-5-8-16)22-23-20(24)25-15-17-9-6-10-18(21)14-17/h2-10,14H,1,11-13,15H2. The van der Waals surface area contributed by atoms with Crippen molar-refractivity contribution in [3.05, 3.63) is 90.0 Å². The van der Waals surface area contributed by atoms with Crippen LogP contribution >= 0.6 is 11.8 Å². The summed E-state index contributed by atoms with van der Waals surface area (Å²) in [6.45, 7) is 4.50. The van der Waals surface area contributed by atoms with E-state index < -0.39 is 0 Å². The summed E-state index contributed by atoms with van der Waals surface area (Å²) < 4.78 is 15.4. The first-order valence-corrected chi connectivity index (χ1v) is 9.19. The molecule has 0 saturated carbocycles. The van der Waals surface area contributed by atoms with Gasteiger partial charge >= 0.3 is 0 Å². The number of halogens is 1. The van der Waals surface area contributed by atoms with Crippen molar-refractivity contribution in [3.63, 3.8) is 0 Å². The Morgan fingerprint density at radius 2 is 1.80 bits per heavy atom. The van der Waals surface area contributed by atoms with Crippen LogP contribution in [0.15, 0.2) is 72.4 Å². The molecule has 3 rings (SSSR count). The molecule has 1 heterocycles. The molecule has 0 aliphatic rings. The van der Waals surface area contributed by atoms with Gasteiger partial charge < -0.3 is 4.57 Å². The van der Waals surface area contributed by atoms with E-state index in [1.807, 2.05) is 30.3 Å². The van der Waals surface area contributed by atoms with Crippen LogP contribution in [0.3, 0.4) is 0 Å². The lowest BCUT2D eigenvalue weighted by molar-refractivity contribution is 0.626. The molecular weight excluding hydrogens is 333 g/mol. The number of nitrogens with zero attached hydrogens (tertiary/aromatic N) is 3. The summed E-state index contributed by atoms with van der Waals surface area (Å²) in [5.41, 5.74) is 2.22. The predicted molar refractivity (Wildman–Crippen MR) is 100 cm³/mol. The van der Waals surface area contributed by atoms with Gasteiger partial charge in [0.2, 0.25) is 0 Å². The molecular formula is C20H20FN3S. The summed E-state index contributed by atoms with van der Waals surface area (Å²) in [5.74, 6) is 1.39. The topological polar surface area (TPSA) is 30.7 Å². The molecule has 0 unspecified atom stereocenters. The van der Waals surface area contributed by atoms with Gasteiger partial charge in [-0.15, -0.1) is 16.8 Å². The number of benzene rings is 2. The molecule has 3 aromatic rings. The van der Waals surface area contributed by atoms with Gasteiger partial charge in [0.05, 0.1) is 0 Å². The van der Waals surface area contributed by atoms with Crippen LogP contribution in [0.2, 0.25) is 0 Å². The quantitative estimate of drug-likeness (QED) is 0.435. The lowest BCUT2D eigenvalue weighted by Gasteiger charge is -2.08. The van der Waals surface area contributed by atoms with Gasteiger partial charge in [-0.1, -0.05) is 60.3 Å². The number of aromatic nitrogens is 3. The van der Waals surface area contributed by atoms with Crippen LogP contribution in [0.25, 0.3) is 0 Å². The fourth-order valence-electron chi connectivity index (χ4n) is 2.60. The molecule has 2 aromatic carbocycles. The minimum absolute atomic E-state index is 0.214. The zero-order valence-electron chi connectivity index (χ0n) is 13.9. The van der Waals surface area contributed by atoms with Gasteiger partial charge in [0.25, 0.3) is 0 Å². The second-order valence-electron chi connectivity index (χ2n) is 5.70. The van der Waals surface area contributed by atoms with E-state index in [-0.39, 0.29) is 5.82 Å². The summed E-state index contributed by atoms with van der Waals surface area (Å²) >= 11 is 1.57. The molecule has 128 valence electrons. The van der Waals surface area contributed by atoms with Crippen LogP contribution in [-0.2, 0) is 25.1 Å². The molecule has 0 spiro atoms. The second kappa shape index (κ2) is 8.62. The van der Waals surface area contributed by atoms with Gasteiger partial charge in [-0.25, -0.2) is 4.39 Å². The highest BCUT2D eigenvalue weighted by atomic mass is 32.2. The number of rotatable bonds is 8. The van der Waals surface area contributed by atoms with Gasteiger partial charge in [-0.2, -0.15) is 0 Å². The first-order valence-electron chi connectivity index (χ1n) is 8.20. The Balaban J connectivity index is 1.69. The SMILES string of the molecule is C=CCn1c(CCc2ccccc2)nnc1SCc1cccc(F)c1. The predicted octanol–water partition coefficient (Wildman–Crippen LogP) is 4.68. The molecule has 0 fully saturated rings. The third kappa shape index (κ3) is 4.79. The highest BCUT2D eigenvalue weighted by Crippen LogP contribution is 2.23. The zero-order valence-corrected chi connectivity index (χ0v) is 14.8. The van der Waals surface area contributed by atoms with E-state index in [9.17, 15) is 4.39 Å². The van der Waals surface area contributed by atoms with Gasteiger partial charge in [0, 0.05) is 18.7 Å². The maximum Gasteiger partial charge on any atom is 0.191 e. The van der Waals surface area contributed by atoms with Crippen LogP contribution in [0, 0.1) is 5.82 Å². The van der Waals surface area contributed by atoms with Crippen molar-refractivity contribution in [2.24, 2.45) is 0 Å². The van der Waals surface area contributed by atoms with E-state index in [2.05, 4.69) is 33.5 Å². The summed E-state index contributed by atoms with van der Waals surface area (Å²) in [5, 5.41) is 9.51. The molecule has 0 amide bonds. The lowest BCUT2D eigenvalue weighted by atomic mass is 10.1. The number of aryl methyl sites for hydroxylation is 2. The van der Waals surface area contributed by atoms with Crippen molar-refractivity contribution in [2.45, 2.75) is 30.3 Å². The van der Waals surface area contributed by atoms with E-state index in [1.165, 1.54) is 11.6 Å². The first-order chi connectivity index (χ1) is 12.3. The average Bonchev–Trinajstić information content (AvgIpc) is 3.01. The van der Waals surface area contributed by atoms with Gasteiger partial charge in [-0.05, 0) is 29.7 Å². The van der Waals surface area contributed by atoms with Crippen molar-refractivity contribution >= 4 is 11.8 Å². The third-order valence-corrected chi connectivity index (χ3v) is 4.88. The molecule has 0 saturated heterocycles. The Labute approximate surface area is 151 Å². The van der Waals surface area contributed by atoms with Crippen molar-refractivity contribution < 1.29 is 4.39 Å². The van der Waals surface area contributed by atoms with Crippen LogP contribution in [0.5, 0.6) is 0 Å². The molecule has 0 aliphatic heterocycles. The minimum Gasteiger partial charge on any atom is -0.302 e. The van der Waals surface area contributed by atoms with Crippen LogP contribution in [0.1, 0.15) is 17.0 Å². The summed E-state index contributed by atoms with van der Waals surface area (Å²) in [6, 6.07) is 17.0. The molecule has 5 heteroatoms. The highest BCUT2D eigenvalue weighted by molar-refractivity contribution is 7.98. The molecule has 3 nitrogen and oxygen atoms in total. The number of hydrogen-bond acceptors (Lipinski definition) is 3. The Morgan fingerprint density at radius 1 is 1.00 bits per heavy atom. The van der Waals surface area contributed by atoms with Gasteiger partial charge in [0.15, 0.2) is 5.16 Å². The summed E-state index contributed by atoms with van der Waals surface area (Å²) in [6.07, 6.45) is 3.59. The Hall–Kier alpha value is -2.40. The molecule has 1 aromatic heterocycles. The Kier molecular flexibility index (Phi) is 6.01. The molecule has 25 heavy (non-hydrogen) atoms. The smallest absolute Gasteiger partial charge is 0.191 e. The molecule has 0 aliphatic carbocycles. The Bertz CT molecular complexity index is 830. The van der Waals surface area contributed by atoms with Crippen molar-refractivity contribution in [1.82, 2.24) is 14.8 Å².